The zero-order valence-electron chi connectivity index (χ0n) is 17.0. The molecule has 1 amide bonds. The van der Waals surface area contributed by atoms with Crippen molar-refractivity contribution in [3.63, 3.8) is 0 Å². The molecule has 1 unspecified atom stereocenters. The normalized spacial score (nSPS) is 17.0. The molecule has 1 N–H and O–H groups in total. The van der Waals surface area contributed by atoms with Crippen LogP contribution in [-0.4, -0.2) is 40.2 Å². The van der Waals surface area contributed by atoms with Gasteiger partial charge in [-0.1, -0.05) is 36.8 Å². The number of benzene rings is 1. The van der Waals surface area contributed by atoms with Gasteiger partial charge in [-0.05, 0) is 58.2 Å². The van der Waals surface area contributed by atoms with E-state index >= 15 is 0 Å². The molecule has 5 nitrogen and oxygen atoms in total. The largest absolute Gasteiger partial charge is 0.350 e. The van der Waals surface area contributed by atoms with Gasteiger partial charge in [0.1, 0.15) is 0 Å². The molecule has 1 saturated heterocycles. The van der Waals surface area contributed by atoms with Crippen LogP contribution in [0.5, 0.6) is 0 Å². The minimum atomic E-state index is -0.0327. The first-order valence-corrected chi connectivity index (χ1v) is 10.1. The molecule has 1 aromatic heterocycles. The molecular weight excluding hydrogens is 336 g/mol. The number of aryl methyl sites for hydroxylation is 2. The molecule has 5 heteroatoms. The van der Waals surface area contributed by atoms with Crippen LogP contribution >= 0.6 is 0 Å². The lowest BCUT2D eigenvalue weighted by atomic mass is 9.95. The molecule has 2 aromatic rings. The maximum atomic E-state index is 12.7. The molecule has 1 atom stereocenters. The quantitative estimate of drug-likeness (QED) is 0.845. The van der Waals surface area contributed by atoms with E-state index in [0.29, 0.717) is 12.1 Å². The van der Waals surface area contributed by atoms with Crippen molar-refractivity contribution in [1.29, 1.82) is 0 Å². The molecule has 146 valence electrons. The third-order valence-electron chi connectivity index (χ3n) is 5.82. The molecule has 0 radical (unpaired) electrons. The Kier molecular flexibility index (Phi) is 6.32. The molecule has 0 aliphatic carbocycles. The summed E-state index contributed by atoms with van der Waals surface area (Å²) in [6.45, 7) is 12.0. The van der Waals surface area contributed by atoms with E-state index in [1.165, 1.54) is 24.0 Å². The third-order valence-corrected chi connectivity index (χ3v) is 5.82. The Morgan fingerprint density at radius 1 is 1.22 bits per heavy atom. The van der Waals surface area contributed by atoms with Crippen LogP contribution in [0.3, 0.4) is 0 Å². The predicted octanol–water partition coefficient (Wildman–Crippen LogP) is 3.72. The van der Waals surface area contributed by atoms with E-state index in [1.807, 2.05) is 18.5 Å². The average molecular weight is 369 g/mol. The zero-order valence-corrected chi connectivity index (χ0v) is 17.0. The fourth-order valence-corrected chi connectivity index (χ4v) is 3.86. The third kappa shape index (κ3) is 4.59. The second-order valence-corrected chi connectivity index (χ2v) is 7.81. The summed E-state index contributed by atoms with van der Waals surface area (Å²) in [5, 5.41) is 7.46. The Balaban J connectivity index is 1.73. The van der Waals surface area contributed by atoms with Crippen LogP contribution < -0.4 is 5.32 Å². The monoisotopic (exact) mass is 368 g/mol. The molecule has 0 saturated carbocycles. The van der Waals surface area contributed by atoms with Crippen LogP contribution in [0.15, 0.2) is 30.5 Å². The summed E-state index contributed by atoms with van der Waals surface area (Å²) in [5.74, 6) is 0.756. The molecule has 1 aliphatic heterocycles. The van der Waals surface area contributed by atoms with Gasteiger partial charge in [0.05, 0.1) is 17.8 Å². The highest BCUT2D eigenvalue weighted by atomic mass is 16.1. The van der Waals surface area contributed by atoms with Crippen LogP contribution in [0.4, 0.5) is 0 Å². The molecule has 3 rings (SSSR count). The topological polar surface area (TPSA) is 50.2 Å². The number of hydrogen-bond acceptors (Lipinski definition) is 3. The number of carbonyl (C=O) groups is 1. The molecule has 2 heterocycles. The minimum absolute atomic E-state index is 0.0327. The number of rotatable bonds is 6. The summed E-state index contributed by atoms with van der Waals surface area (Å²) in [4.78, 5) is 15.3. The number of hydrogen-bond donors (Lipinski definition) is 1. The van der Waals surface area contributed by atoms with Crippen molar-refractivity contribution in [2.45, 2.75) is 53.1 Å². The van der Waals surface area contributed by atoms with E-state index in [-0.39, 0.29) is 11.9 Å². The van der Waals surface area contributed by atoms with Gasteiger partial charge in [-0.15, -0.1) is 0 Å². The molecule has 1 fully saturated rings. The standard InChI is InChI=1S/C22H32N4O/c1-5-26-18(4)20(14-24-26)22(27)23-15-21(19-8-6-16(2)7-9-19)25-12-10-17(3)11-13-25/h6-9,14,17,21H,5,10-13,15H2,1-4H3,(H,23,27). The zero-order chi connectivity index (χ0) is 19.4. The highest BCUT2D eigenvalue weighted by molar-refractivity contribution is 5.95. The van der Waals surface area contributed by atoms with Gasteiger partial charge in [0.2, 0.25) is 0 Å². The molecule has 1 aromatic carbocycles. The van der Waals surface area contributed by atoms with Crippen LogP contribution in [-0.2, 0) is 6.54 Å². The van der Waals surface area contributed by atoms with Crippen LogP contribution in [0.25, 0.3) is 0 Å². The number of likely N-dealkylation sites (tertiary alicyclic amines) is 1. The summed E-state index contributed by atoms with van der Waals surface area (Å²) in [6, 6.07) is 8.93. The number of piperidine rings is 1. The molecule has 27 heavy (non-hydrogen) atoms. The lowest BCUT2D eigenvalue weighted by Crippen LogP contribution is -2.42. The highest BCUT2D eigenvalue weighted by Gasteiger charge is 2.25. The fourth-order valence-electron chi connectivity index (χ4n) is 3.86. The first kappa shape index (κ1) is 19.6. The van der Waals surface area contributed by atoms with Crippen molar-refractivity contribution in [2.75, 3.05) is 19.6 Å². The van der Waals surface area contributed by atoms with Crippen molar-refractivity contribution in [3.05, 3.63) is 52.8 Å². The Morgan fingerprint density at radius 2 is 1.89 bits per heavy atom. The Hall–Kier alpha value is -2.14. The van der Waals surface area contributed by atoms with Crippen molar-refractivity contribution in [3.8, 4) is 0 Å². The molecular formula is C22H32N4O. The summed E-state index contributed by atoms with van der Waals surface area (Å²) in [5.41, 5.74) is 4.13. The van der Waals surface area contributed by atoms with E-state index in [4.69, 9.17) is 0 Å². The maximum Gasteiger partial charge on any atom is 0.254 e. The van der Waals surface area contributed by atoms with Crippen LogP contribution in [0, 0.1) is 19.8 Å². The van der Waals surface area contributed by atoms with Crippen molar-refractivity contribution in [1.82, 2.24) is 20.0 Å². The van der Waals surface area contributed by atoms with E-state index < -0.39 is 0 Å². The second kappa shape index (κ2) is 8.70. The van der Waals surface area contributed by atoms with Crippen molar-refractivity contribution < 1.29 is 4.79 Å². The Labute approximate surface area is 162 Å². The van der Waals surface area contributed by atoms with E-state index in [2.05, 4.69) is 53.4 Å². The van der Waals surface area contributed by atoms with Gasteiger partial charge in [-0.25, -0.2) is 0 Å². The van der Waals surface area contributed by atoms with Gasteiger partial charge in [0.25, 0.3) is 5.91 Å². The number of amides is 1. The summed E-state index contributed by atoms with van der Waals surface area (Å²) in [7, 11) is 0. The first-order valence-electron chi connectivity index (χ1n) is 10.1. The number of carbonyl (C=O) groups excluding carboxylic acids is 1. The van der Waals surface area contributed by atoms with Gasteiger partial charge in [-0.3, -0.25) is 14.4 Å². The lowest BCUT2D eigenvalue weighted by Gasteiger charge is -2.37. The Morgan fingerprint density at radius 3 is 2.48 bits per heavy atom. The van der Waals surface area contributed by atoms with Crippen molar-refractivity contribution >= 4 is 5.91 Å². The molecule has 0 spiro atoms. The first-order chi connectivity index (χ1) is 13.0. The van der Waals surface area contributed by atoms with E-state index in [0.717, 1.165) is 31.2 Å². The van der Waals surface area contributed by atoms with Gasteiger partial charge < -0.3 is 5.32 Å². The number of nitrogens with zero attached hydrogens (tertiary/aromatic N) is 3. The van der Waals surface area contributed by atoms with Crippen LogP contribution in [0.2, 0.25) is 0 Å². The minimum Gasteiger partial charge on any atom is -0.350 e. The van der Waals surface area contributed by atoms with Gasteiger partial charge >= 0.3 is 0 Å². The summed E-state index contributed by atoms with van der Waals surface area (Å²) >= 11 is 0. The number of nitrogens with one attached hydrogen (secondary N) is 1. The van der Waals surface area contributed by atoms with Gasteiger partial charge in [0.15, 0.2) is 0 Å². The smallest absolute Gasteiger partial charge is 0.254 e. The van der Waals surface area contributed by atoms with E-state index in [1.54, 1.807) is 6.20 Å². The average Bonchev–Trinajstić information content (AvgIpc) is 3.05. The predicted molar refractivity (Wildman–Crippen MR) is 109 cm³/mol. The molecule has 0 bridgehead atoms. The van der Waals surface area contributed by atoms with Gasteiger partial charge in [0, 0.05) is 18.8 Å². The molecule has 1 aliphatic rings. The van der Waals surface area contributed by atoms with Gasteiger partial charge in [-0.2, -0.15) is 5.10 Å². The highest BCUT2D eigenvalue weighted by Crippen LogP contribution is 2.26. The second-order valence-electron chi connectivity index (χ2n) is 7.81. The fraction of sp³-hybridized carbons (Fsp3) is 0.545. The summed E-state index contributed by atoms with van der Waals surface area (Å²) in [6.07, 6.45) is 4.12. The van der Waals surface area contributed by atoms with Crippen molar-refractivity contribution in [2.24, 2.45) is 5.92 Å². The SMILES string of the molecule is CCn1ncc(C(=O)NCC(c2ccc(C)cc2)N2CCC(C)CC2)c1C. The maximum absolute atomic E-state index is 12.7. The van der Waals surface area contributed by atoms with E-state index in [9.17, 15) is 4.79 Å². The Bertz CT molecular complexity index is 757. The lowest BCUT2D eigenvalue weighted by molar-refractivity contribution is 0.0912. The number of aromatic nitrogens is 2. The van der Waals surface area contributed by atoms with Crippen LogP contribution in [0.1, 0.15) is 59.9 Å². The summed E-state index contributed by atoms with van der Waals surface area (Å²) < 4.78 is 1.86.